The second-order valence-corrected chi connectivity index (χ2v) is 18.3. The second kappa shape index (κ2) is 14.5. The summed E-state index contributed by atoms with van der Waals surface area (Å²) in [5.74, 6) is 0. The van der Waals surface area contributed by atoms with E-state index in [0.717, 1.165) is 55.8 Å². The van der Waals surface area contributed by atoms with Gasteiger partial charge in [0, 0.05) is 75.3 Å². The summed E-state index contributed by atoms with van der Waals surface area (Å²) in [6.07, 6.45) is 0. The van der Waals surface area contributed by atoms with Crippen molar-refractivity contribution < 1.29 is 4.42 Å². The van der Waals surface area contributed by atoms with E-state index in [4.69, 9.17) is 4.42 Å². The SMILES string of the molecule is c1cc(-c2cccc3c2oc2ccccc23)cc(N(c2cc(-c3ccc(-n4c5ccccc5c5ccccc54)cc3)c3sc4ccccc4c3c2)c2cccc3c2ccc2ccccc23)c1. The molecule has 308 valence electrons. The molecule has 3 aromatic heterocycles. The lowest BCUT2D eigenvalue weighted by Crippen LogP contribution is -2.11. The molecule has 3 heterocycles. The van der Waals surface area contributed by atoms with Gasteiger partial charge in [0.05, 0.1) is 16.7 Å². The van der Waals surface area contributed by atoms with Crippen LogP contribution < -0.4 is 4.90 Å². The van der Waals surface area contributed by atoms with E-state index in [0.29, 0.717) is 0 Å². The molecule has 0 aliphatic rings. The van der Waals surface area contributed by atoms with Gasteiger partial charge in [0.2, 0.25) is 0 Å². The van der Waals surface area contributed by atoms with Crippen LogP contribution in [0.5, 0.6) is 0 Å². The Hall–Kier alpha value is -8.44. The summed E-state index contributed by atoms with van der Waals surface area (Å²) in [7, 11) is 0. The molecule has 0 N–H and O–H groups in total. The van der Waals surface area contributed by atoms with E-state index in [2.05, 4.69) is 234 Å². The minimum Gasteiger partial charge on any atom is -0.455 e. The highest BCUT2D eigenvalue weighted by Gasteiger charge is 2.22. The standard InChI is InChI=1S/C62H38N2OS/c1-2-17-45-39(14-1)32-35-50-47(45)23-13-27-56(50)63(43-16-11-15-41(36-43)46-22-12-24-53-51-20-5-9-28-59(51)65-61(46)53)44-37-54(62-55(38-44)52-21-6-10-29-60(52)66-62)40-30-33-42(34-31-40)64-57-25-7-3-18-48(57)49-19-4-8-26-58(49)64/h1-38H. The lowest BCUT2D eigenvalue weighted by Gasteiger charge is -2.28. The smallest absolute Gasteiger partial charge is 0.143 e. The maximum absolute atomic E-state index is 6.61. The van der Waals surface area contributed by atoms with Crippen molar-refractivity contribution in [1.29, 1.82) is 0 Å². The molecule has 11 aromatic carbocycles. The van der Waals surface area contributed by atoms with E-state index in [1.807, 2.05) is 17.4 Å². The van der Waals surface area contributed by atoms with Crippen LogP contribution in [-0.4, -0.2) is 4.57 Å². The van der Waals surface area contributed by atoms with Gasteiger partial charge in [-0.3, -0.25) is 0 Å². The summed E-state index contributed by atoms with van der Waals surface area (Å²) in [5.41, 5.74) is 13.2. The highest BCUT2D eigenvalue weighted by atomic mass is 32.1. The van der Waals surface area contributed by atoms with Crippen molar-refractivity contribution in [1.82, 2.24) is 4.57 Å². The van der Waals surface area contributed by atoms with Crippen LogP contribution in [0, 0.1) is 0 Å². The first kappa shape index (κ1) is 37.0. The summed E-state index contributed by atoms with van der Waals surface area (Å²) < 4.78 is 11.6. The van der Waals surface area contributed by atoms with Gasteiger partial charge in [0.15, 0.2) is 0 Å². The number of anilines is 3. The Bertz CT molecular complexity index is 4190. The van der Waals surface area contributed by atoms with Crippen LogP contribution in [0.4, 0.5) is 17.1 Å². The molecule has 0 atom stereocenters. The van der Waals surface area contributed by atoms with Crippen molar-refractivity contribution in [2.75, 3.05) is 4.90 Å². The van der Waals surface area contributed by atoms with Crippen molar-refractivity contribution in [3.63, 3.8) is 0 Å². The normalized spacial score (nSPS) is 11.9. The summed E-state index contributed by atoms with van der Waals surface area (Å²) in [6.45, 7) is 0. The van der Waals surface area contributed by atoms with Crippen LogP contribution in [-0.2, 0) is 0 Å². The van der Waals surface area contributed by atoms with Gasteiger partial charge in [-0.1, -0.05) is 164 Å². The third-order valence-corrected chi connectivity index (χ3v) is 14.8. The first-order valence-electron chi connectivity index (χ1n) is 22.5. The van der Waals surface area contributed by atoms with E-state index < -0.39 is 0 Å². The molecular weight excluding hydrogens is 821 g/mol. The fourth-order valence-corrected chi connectivity index (χ4v) is 11.8. The monoisotopic (exact) mass is 858 g/mol. The van der Waals surface area contributed by atoms with Gasteiger partial charge in [0.1, 0.15) is 11.2 Å². The molecule has 14 aromatic rings. The molecule has 0 aliphatic heterocycles. The lowest BCUT2D eigenvalue weighted by molar-refractivity contribution is 0.670. The number of hydrogen-bond acceptors (Lipinski definition) is 3. The topological polar surface area (TPSA) is 21.3 Å². The summed E-state index contributed by atoms with van der Waals surface area (Å²) in [6, 6.07) is 84.1. The van der Waals surface area contributed by atoms with Crippen molar-refractivity contribution in [2.24, 2.45) is 0 Å². The maximum Gasteiger partial charge on any atom is 0.143 e. The van der Waals surface area contributed by atoms with Crippen LogP contribution in [0.25, 0.3) is 113 Å². The van der Waals surface area contributed by atoms with Crippen molar-refractivity contribution in [3.8, 4) is 27.9 Å². The molecule has 4 heteroatoms. The second-order valence-electron chi connectivity index (χ2n) is 17.2. The van der Waals surface area contributed by atoms with Gasteiger partial charge in [-0.2, -0.15) is 0 Å². The molecule has 66 heavy (non-hydrogen) atoms. The van der Waals surface area contributed by atoms with Crippen LogP contribution in [0.15, 0.2) is 235 Å². The molecule has 0 saturated heterocycles. The third-order valence-electron chi connectivity index (χ3n) is 13.6. The molecule has 0 aliphatic carbocycles. The fourth-order valence-electron chi connectivity index (χ4n) is 10.6. The highest BCUT2D eigenvalue weighted by molar-refractivity contribution is 7.26. The molecule has 0 saturated carbocycles. The van der Waals surface area contributed by atoms with Crippen molar-refractivity contribution in [2.45, 2.75) is 0 Å². The molecule has 0 bridgehead atoms. The average molecular weight is 859 g/mol. The Morgan fingerprint density at radius 3 is 1.88 bits per heavy atom. The number of thiophene rings is 1. The summed E-state index contributed by atoms with van der Waals surface area (Å²) in [4.78, 5) is 2.47. The molecule has 0 spiro atoms. The minimum absolute atomic E-state index is 0.896. The number of fused-ring (bicyclic) bond motifs is 12. The van der Waals surface area contributed by atoms with Crippen LogP contribution in [0.2, 0.25) is 0 Å². The zero-order chi connectivity index (χ0) is 43.3. The van der Waals surface area contributed by atoms with E-state index in [9.17, 15) is 0 Å². The Morgan fingerprint density at radius 1 is 0.379 bits per heavy atom. The molecule has 0 amide bonds. The molecular formula is C62H38N2OS. The number of nitrogens with zero attached hydrogens (tertiary/aromatic N) is 2. The van der Waals surface area contributed by atoms with Crippen LogP contribution in [0.1, 0.15) is 0 Å². The first-order chi connectivity index (χ1) is 32.7. The van der Waals surface area contributed by atoms with E-state index in [1.165, 1.54) is 74.6 Å². The summed E-state index contributed by atoms with van der Waals surface area (Å²) >= 11 is 1.87. The van der Waals surface area contributed by atoms with Crippen LogP contribution >= 0.6 is 11.3 Å². The summed E-state index contributed by atoms with van der Waals surface area (Å²) in [5, 5.41) is 12.2. The average Bonchev–Trinajstić information content (AvgIpc) is 4.06. The van der Waals surface area contributed by atoms with E-state index >= 15 is 0 Å². The Kier molecular flexibility index (Phi) is 8.15. The maximum atomic E-state index is 6.61. The number of benzene rings is 11. The quantitative estimate of drug-likeness (QED) is 0.155. The predicted molar refractivity (Wildman–Crippen MR) is 282 cm³/mol. The number of aromatic nitrogens is 1. The minimum atomic E-state index is 0.896. The largest absolute Gasteiger partial charge is 0.455 e. The van der Waals surface area contributed by atoms with Gasteiger partial charge in [-0.05, 0) is 94.0 Å². The Balaban J connectivity index is 1.01. The molecule has 3 nitrogen and oxygen atoms in total. The molecule has 0 radical (unpaired) electrons. The number of furan rings is 1. The number of hydrogen-bond donors (Lipinski definition) is 0. The molecule has 0 fully saturated rings. The fraction of sp³-hybridized carbons (Fsp3) is 0. The van der Waals surface area contributed by atoms with Gasteiger partial charge in [0.25, 0.3) is 0 Å². The first-order valence-corrected chi connectivity index (χ1v) is 23.3. The lowest BCUT2D eigenvalue weighted by atomic mass is 9.97. The number of para-hydroxylation sites is 4. The van der Waals surface area contributed by atoms with Gasteiger partial charge in [-0.25, -0.2) is 0 Å². The van der Waals surface area contributed by atoms with Crippen molar-refractivity contribution >= 4 is 114 Å². The highest BCUT2D eigenvalue weighted by Crippen LogP contribution is 2.48. The Labute approximate surface area is 384 Å². The van der Waals surface area contributed by atoms with E-state index in [-0.39, 0.29) is 0 Å². The molecule has 14 rings (SSSR count). The zero-order valence-electron chi connectivity index (χ0n) is 35.7. The number of rotatable bonds is 6. The van der Waals surface area contributed by atoms with Crippen LogP contribution in [0.3, 0.4) is 0 Å². The molecule has 0 unspecified atom stereocenters. The Morgan fingerprint density at radius 2 is 1.05 bits per heavy atom. The third kappa shape index (κ3) is 5.62. The van der Waals surface area contributed by atoms with Crippen molar-refractivity contribution in [3.05, 3.63) is 231 Å². The van der Waals surface area contributed by atoms with E-state index in [1.54, 1.807) is 0 Å². The van der Waals surface area contributed by atoms with Gasteiger partial charge >= 0.3 is 0 Å². The predicted octanol–water partition coefficient (Wildman–Crippen LogP) is 18.2. The zero-order valence-corrected chi connectivity index (χ0v) is 36.5. The van der Waals surface area contributed by atoms with Gasteiger partial charge in [-0.15, -0.1) is 11.3 Å². The van der Waals surface area contributed by atoms with Gasteiger partial charge < -0.3 is 13.9 Å².